The van der Waals surface area contributed by atoms with E-state index in [4.69, 9.17) is 4.74 Å². The molecule has 0 amide bonds. The van der Waals surface area contributed by atoms with Crippen LogP contribution in [0.15, 0.2) is 0 Å². The van der Waals surface area contributed by atoms with E-state index in [0.717, 1.165) is 26.3 Å². The highest BCUT2D eigenvalue weighted by molar-refractivity contribution is 4.73. The van der Waals surface area contributed by atoms with Crippen LogP contribution in [-0.2, 0) is 4.74 Å². The summed E-state index contributed by atoms with van der Waals surface area (Å²) in [7, 11) is 4.12. The number of hydrogen-bond acceptors (Lipinski definition) is 3. The lowest BCUT2D eigenvalue weighted by Crippen LogP contribution is -2.47. The average molecular weight is 144 g/mol. The second kappa shape index (κ2) is 3.91. The number of ether oxygens (including phenoxy) is 1. The minimum Gasteiger partial charge on any atom is -0.378 e. The number of likely N-dealkylation sites (N-methyl/N-ethyl adjacent to an activating group) is 2. The highest BCUT2D eigenvalue weighted by Crippen LogP contribution is 2.01. The van der Waals surface area contributed by atoms with Crippen LogP contribution in [0.3, 0.4) is 0 Å². The van der Waals surface area contributed by atoms with Crippen molar-refractivity contribution in [2.45, 2.75) is 6.04 Å². The molecular formula is C7H16N2O. The van der Waals surface area contributed by atoms with Gasteiger partial charge in [0.05, 0.1) is 13.2 Å². The van der Waals surface area contributed by atoms with Crippen molar-refractivity contribution in [3.8, 4) is 0 Å². The Morgan fingerprint density at radius 3 is 3.10 bits per heavy atom. The number of nitrogens with one attached hydrogen (secondary N) is 1. The first kappa shape index (κ1) is 7.98. The van der Waals surface area contributed by atoms with Crippen molar-refractivity contribution in [1.29, 1.82) is 0 Å². The molecule has 1 fully saturated rings. The van der Waals surface area contributed by atoms with Gasteiger partial charge in [-0.05, 0) is 14.1 Å². The number of hydrogen-bond donors (Lipinski definition) is 1. The maximum absolute atomic E-state index is 5.32. The van der Waals surface area contributed by atoms with E-state index in [1.807, 2.05) is 7.05 Å². The molecular weight excluding hydrogens is 128 g/mol. The number of rotatable bonds is 2. The predicted molar refractivity (Wildman–Crippen MR) is 41.2 cm³/mol. The van der Waals surface area contributed by atoms with Gasteiger partial charge < -0.3 is 10.1 Å². The SMILES string of the molecule is CNC[C@@H]1COCCN1C. The molecule has 3 heteroatoms. The Kier molecular flexibility index (Phi) is 3.12. The van der Waals surface area contributed by atoms with Crippen molar-refractivity contribution in [3.63, 3.8) is 0 Å². The Bertz CT molecular complexity index is 95.6. The standard InChI is InChI=1S/C7H16N2O/c1-8-5-7-6-10-4-3-9(7)2/h7-8H,3-6H2,1-2H3/t7-/m1/s1. The molecule has 3 nitrogen and oxygen atoms in total. The van der Waals surface area contributed by atoms with Crippen LogP contribution in [0.1, 0.15) is 0 Å². The molecule has 0 unspecified atom stereocenters. The van der Waals surface area contributed by atoms with E-state index >= 15 is 0 Å². The van der Waals surface area contributed by atoms with Crippen molar-refractivity contribution in [3.05, 3.63) is 0 Å². The highest BCUT2D eigenvalue weighted by Gasteiger charge is 2.17. The second-order valence-electron chi connectivity index (χ2n) is 2.77. The number of nitrogens with zero attached hydrogens (tertiary/aromatic N) is 1. The molecule has 1 atom stereocenters. The van der Waals surface area contributed by atoms with Crippen LogP contribution in [0, 0.1) is 0 Å². The third kappa shape index (κ3) is 1.94. The van der Waals surface area contributed by atoms with Crippen molar-refractivity contribution < 1.29 is 4.74 Å². The summed E-state index contributed by atoms with van der Waals surface area (Å²) < 4.78 is 5.32. The molecule has 0 aromatic rings. The van der Waals surface area contributed by atoms with Gasteiger partial charge in [-0.1, -0.05) is 0 Å². The van der Waals surface area contributed by atoms with Gasteiger partial charge in [-0.3, -0.25) is 4.90 Å². The largest absolute Gasteiger partial charge is 0.378 e. The van der Waals surface area contributed by atoms with Crippen molar-refractivity contribution >= 4 is 0 Å². The fraction of sp³-hybridized carbons (Fsp3) is 1.00. The topological polar surface area (TPSA) is 24.5 Å². The van der Waals surface area contributed by atoms with Crippen LogP contribution in [0.25, 0.3) is 0 Å². The highest BCUT2D eigenvalue weighted by atomic mass is 16.5. The van der Waals surface area contributed by atoms with Gasteiger partial charge in [0.2, 0.25) is 0 Å². The summed E-state index contributed by atoms with van der Waals surface area (Å²) in [5.74, 6) is 0. The van der Waals surface area contributed by atoms with Crippen molar-refractivity contribution in [2.24, 2.45) is 0 Å². The van der Waals surface area contributed by atoms with Gasteiger partial charge in [-0.2, -0.15) is 0 Å². The van der Waals surface area contributed by atoms with E-state index in [-0.39, 0.29) is 0 Å². The molecule has 0 bridgehead atoms. The zero-order valence-electron chi connectivity index (χ0n) is 6.76. The molecule has 10 heavy (non-hydrogen) atoms. The van der Waals surface area contributed by atoms with Crippen LogP contribution < -0.4 is 5.32 Å². The normalized spacial score (nSPS) is 28.8. The van der Waals surface area contributed by atoms with Crippen molar-refractivity contribution in [2.75, 3.05) is 40.4 Å². The molecule has 1 aliphatic rings. The third-order valence-corrected chi connectivity index (χ3v) is 1.96. The molecule has 0 aliphatic carbocycles. The van der Waals surface area contributed by atoms with Gasteiger partial charge in [0, 0.05) is 19.1 Å². The molecule has 0 aromatic heterocycles. The summed E-state index contributed by atoms with van der Waals surface area (Å²) in [4.78, 5) is 2.33. The first-order chi connectivity index (χ1) is 4.84. The molecule has 0 aromatic carbocycles. The molecule has 1 saturated heterocycles. The van der Waals surface area contributed by atoms with Crippen LogP contribution in [0.4, 0.5) is 0 Å². The fourth-order valence-corrected chi connectivity index (χ4v) is 1.19. The maximum atomic E-state index is 5.32. The fourth-order valence-electron chi connectivity index (χ4n) is 1.19. The quantitative estimate of drug-likeness (QED) is 0.567. The third-order valence-electron chi connectivity index (χ3n) is 1.96. The van der Waals surface area contributed by atoms with Crippen LogP contribution in [0.2, 0.25) is 0 Å². The Morgan fingerprint density at radius 1 is 1.70 bits per heavy atom. The minimum atomic E-state index is 0.568. The molecule has 0 spiro atoms. The van der Waals surface area contributed by atoms with Gasteiger partial charge >= 0.3 is 0 Å². The Hall–Kier alpha value is -0.120. The molecule has 1 N–H and O–H groups in total. The summed E-state index contributed by atoms with van der Waals surface area (Å²) >= 11 is 0. The first-order valence-electron chi connectivity index (χ1n) is 3.77. The molecule has 60 valence electrons. The minimum absolute atomic E-state index is 0.568. The lowest BCUT2D eigenvalue weighted by molar-refractivity contribution is 0.00708. The summed E-state index contributed by atoms with van der Waals surface area (Å²) in [6, 6.07) is 0.568. The zero-order chi connectivity index (χ0) is 7.40. The molecule has 1 heterocycles. The smallest absolute Gasteiger partial charge is 0.0634 e. The lowest BCUT2D eigenvalue weighted by atomic mass is 10.2. The summed E-state index contributed by atoms with van der Waals surface area (Å²) in [6.07, 6.45) is 0. The van der Waals surface area contributed by atoms with E-state index in [2.05, 4.69) is 17.3 Å². The van der Waals surface area contributed by atoms with E-state index in [1.165, 1.54) is 0 Å². The predicted octanol–water partition coefficient (Wildman–Crippen LogP) is -0.464. The summed E-state index contributed by atoms with van der Waals surface area (Å²) in [5.41, 5.74) is 0. The Labute approximate surface area is 62.3 Å². The van der Waals surface area contributed by atoms with Gasteiger partial charge in [0.1, 0.15) is 0 Å². The Morgan fingerprint density at radius 2 is 2.50 bits per heavy atom. The van der Waals surface area contributed by atoms with Crippen LogP contribution in [-0.4, -0.2) is 51.3 Å². The Balaban J connectivity index is 2.25. The summed E-state index contributed by atoms with van der Waals surface area (Å²) in [6.45, 7) is 3.84. The summed E-state index contributed by atoms with van der Waals surface area (Å²) in [5, 5.41) is 3.15. The molecule has 0 saturated carbocycles. The van der Waals surface area contributed by atoms with E-state index in [0.29, 0.717) is 6.04 Å². The van der Waals surface area contributed by atoms with E-state index < -0.39 is 0 Å². The molecule has 0 radical (unpaired) electrons. The zero-order valence-corrected chi connectivity index (χ0v) is 6.76. The van der Waals surface area contributed by atoms with Gasteiger partial charge in [0.25, 0.3) is 0 Å². The van der Waals surface area contributed by atoms with Crippen LogP contribution in [0.5, 0.6) is 0 Å². The van der Waals surface area contributed by atoms with Crippen LogP contribution >= 0.6 is 0 Å². The first-order valence-corrected chi connectivity index (χ1v) is 3.77. The lowest BCUT2D eigenvalue weighted by Gasteiger charge is -2.32. The van der Waals surface area contributed by atoms with Crippen molar-refractivity contribution in [1.82, 2.24) is 10.2 Å². The molecule has 1 aliphatic heterocycles. The van der Waals surface area contributed by atoms with Gasteiger partial charge in [-0.15, -0.1) is 0 Å². The second-order valence-corrected chi connectivity index (χ2v) is 2.77. The van der Waals surface area contributed by atoms with Gasteiger partial charge in [-0.25, -0.2) is 0 Å². The van der Waals surface area contributed by atoms with E-state index in [1.54, 1.807) is 0 Å². The molecule has 1 rings (SSSR count). The monoisotopic (exact) mass is 144 g/mol. The van der Waals surface area contributed by atoms with E-state index in [9.17, 15) is 0 Å². The maximum Gasteiger partial charge on any atom is 0.0634 e. The van der Waals surface area contributed by atoms with Gasteiger partial charge in [0.15, 0.2) is 0 Å². The average Bonchev–Trinajstić information content (AvgIpc) is 1.94. The number of morpholine rings is 1.